The van der Waals surface area contributed by atoms with E-state index in [1.54, 1.807) is 10.9 Å². The van der Waals surface area contributed by atoms with Gasteiger partial charge in [-0.15, -0.1) is 0 Å². The summed E-state index contributed by atoms with van der Waals surface area (Å²) in [5, 5.41) is 17.1. The van der Waals surface area contributed by atoms with Gasteiger partial charge in [0.2, 0.25) is 0 Å². The Morgan fingerprint density at radius 3 is 2.57 bits per heavy atom. The molecule has 6 heteroatoms. The SMILES string of the molecule is O=c1c(Br)c(NCC2CCC(O)CC2)cnn1CC1CC1. The highest BCUT2D eigenvalue weighted by atomic mass is 79.9. The van der Waals surface area contributed by atoms with E-state index in [0.29, 0.717) is 16.3 Å². The van der Waals surface area contributed by atoms with Crippen molar-refractivity contribution < 1.29 is 5.11 Å². The van der Waals surface area contributed by atoms with Crippen LogP contribution in [0.1, 0.15) is 38.5 Å². The molecule has 0 aromatic carbocycles. The molecule has 1 aromatic heterocycles. The maximum atomic E-state index is 12.2. The second-order valence-corrected chi connectivity index (χ2v) is 7.15. The fraction of sp³-hybridized carbons (Fsp3) is 0.733. The van der Waals surface area contributed by atoms with E-state index in [1.165, 1.54) is 12.8 Å². The number of aliphatic hydroxyl groups is 1. The summed E-state index contributed by atoms with van der Waals surface area (Å²) in [5.74, 6) is 1.20. The first-order valence-electron chi connectivity index (χ1n) is 7.81. The zero-order valence-corrected chi connectivity index (χ0v) is 13.7. The zero-order chi connectivity index (χ0) is 14.8. The second-order valence-electron chi connectivity index (χ2n) is 6.36. The molecule has 1 aromatic rings. The molecule has 2 N–H and O–H groups in total. The number of aliphatic hydroxyl groups excluding tert-OH is 1. The Morgan fingerprint density at radius 1 is 1.24 bits per heavy atom. The maximum absolute atomic E-state index is 12.2. The quantitative estimate of drug-likeness (QED) is 0.850. The summed E-state index contributed by atoms with van der Waals surface area (Å²) in [6, 6.07) is 0. The van der Waals surface area contributed by atoms with Gasteiger partial charge in [-0.2, -0.15) is 5.10 Å². The van der Waals surface area contributed by atoms with Gasteiger partial charge in [-0.25, -0.2) is 4.68 Å². The molecule has 0 aliphatic heterocycles. The molecule has 116 valence electrons. The minimum absolute atomic E-state index is 0.0500. The van der Waals surface area contributed by atoms with Crippen LogP contribution in [0.3, 0.4) is 0 Å². The lowest BCUT2D eigenvalue weighted by Crippen LogP contribution is -2.27. The summed E-state index contributed by atoms with van der Waals surface area (Å²) < 4.78 is 2.14. The third-order valence-corrected chi connectivity index (χ3v) is 5.28. The maximum Gasteiger partial charge on any atom is 0.283 e. The van der Waals surface area contributed by atoms with Crippen molar-refractivity contribution in [2.24, 2.45) is 11.8 Å². The number of nitrogens with one attached hydrogen (secondary N) is 1. The summed E-state index contributed by atoms with van der Waals surface area (Å²) in [4.78, 5) is 12.2. The Morgan fingerprint density at radius 2 is 1.90 bits per heavy atom. The van der Waals surface area contributed by atoms with Crippen LogP contribution < -0.4 is 10.9 Å². The van der Waals surface area contributed by atoms with Crippen LogP contribution >= 0.6 is 15.9 Å². The van der Waals surface area contributed by atoms with Gasteiger partial charge in [-0.1, -0.05) is 0 Å². The number of hydrogen-bond donors (Lipinski definition) is 2. The fourth-order valence-corrected chi connectivity index (χ4v) is 3.31. The van der Waals surface area contributed by atoms with Crippen LogP contribution in [0.5, 0.6) is 0 Å². The molecule has 3 rings (SSSR count). The van der Waals surface area contributed by atoms with Crippen molar-refractivity contribution in [1.29, 1.82) is 0 Å². The molecule has 0 amide bonds. The lowest BCUT2D eigenvalue weighted by atomic mass is 9.87. The molecule has 2 saturated carbocycles. The van der Waals surface area contributed by atoms with E-state index in [-0.39, 0.29) is 11.7 Å². The van der Waals surface area contributed by atoms with Crippen molar-refractivity contribution in [3.8, 4) is 0 Å². The van der Waals surface area contributed by atoms with Crippen molar-refractivity contribution >= 4 is 21.6 Å². The van der Waals surface area contributed by atoms with Gasteiger partial charge in [-0.05, 0) is 66.3 Å². The smallest absolute Gasteiger partial charge is 0.283 e. The monoisotopic (exact) mass is 355 g/mol. The zero-order valence-electron chi connectivity index (χ0n) is 12.1. The average Bonchev–Trinajstić information content (AvgIpc) is 3.29. The van der Waals surface area contributed by atoms with Crippen LogP contribution in [-0.2, 0) is 6.54 Å². The number of rotatable bonds is 5. The van der Waals surface area contributed by atoms with Crippen molar-refractivity contribution in [3.05, 3.63) is 21.0 Å². The molecular formula is C15H22BrN3O2. The van der Waals surface area contributed by atoms with E-state index in [2.05, 4.69) is 26.3 Å². The molecule has 2 fully saturated rings. The van der Waals surface area contributed by atoms with Gasteiger partial charge >= 0.3 is 0 Å². The predicted molar refractivity (Wildman–Crippen MR) is 85.4 cm³/mol. The van der Waals surface area contributed by atoms with Crippen LogP contribution in [-0.4, -0.2) is 27.5 Å². The molecule has 0 spiro atoms. The Balaban J connectivity index is 1.60. The third-order valence-electron chi connectivity index (χ3n) is 4.51. The molecular weight excluding hydrogens is 334 g/mol. The van der Waals surface area contributed by atoms with Crippen molar-refractivity contribution in [2.75, 3.05) is 11.9 Å². The number of aromatic nitrogens is 2. The Labute approximate surface area is 132 Å². The van der Waals surface area contributed by atoms with E-state index >= 15 is 0 Å². The van der Waals surface area contributed by atoms with Gasteiger partial charge in [0.05, 0.1) is 18.0 Å². The topological polar surface area (TPSA) is 67.2 Å². The van der Waals surface area contributed by atoms with E-state index in [4.69, 9.17) is 0 Å². The minimum atomic E-state index is -0.124. The molecule has 0 unspecified atom stereocenters. The number of hydrogen-bond acceptors (Lipinski definition) is 4. The molecule has 0 atom stereocenters. The molecule has 2 aliphatic rings. The van der Waals surface area contributed by atoms with Crippen LogP contribution in [0.15, 0.2) is 15.5 Å². The molecule has 0 saturated heterocycles. The first-order valence-corrected chi connectivity index (χ1v) is 8.60. The third kappa shape index (κ3) is 3.86. The summed E-state index contributed by atoms with van der Waals surface area (Å²) in [7, 11) is 0. The first kappa shape index (κ1) is 15.0. The van der Waals surface area contributed by atoms with Gasteiger partial charge in [0.1, 0.15) is 4.47 Å². The molecule has 0 radical (unpaired) electrons. The largest absolute Gasteiger partial charge is 0.393 e. The predicted octanol–water partition coefficient (Wildman–Crippen LogP) is 2.38. The van der Waals surface area contributed by atoms with Crippen molar-refractivity contribution in [2.45, 2.75) is 51.2 Å². The van der Waals surface area contributed by atoms with Crippen LogP contribution in [0, 0.1) is 11.8 Å². The second kappa shape index (κ2) is 6.48. The Hall–Kier alpha value is -0.880. The van der Waals surface area contributed by atoms with E-state index in [1.807, 2.05) is 0 Å². The van der Waals surface area contributed by atoms with Crippen molar-refractivity contribution in [1.82, 2.24) is 9.78 Å². The minimum Gasteiger partial charge on any atom is -0.393 e. The van der Waals surface area contributed by atoms with Gasteiger partial charge in [0.25, 0.3) is 5.56 Å². The van der Waals surface area contributed by atoms with Crippen LogP contribution in [0.2, 0.25) is 0 Å². The van der Waals surface area contributed by atoms with Gasteiger partial charge in [-0.3, -0.25) is 4.79 Å². The molecule has 0 bridgehead atoms. The standard InChI is InChI=1S/C15H22BrN3O2/c16-14-13(17-7-10-3-5-12(20)6-4-10)8-18-19(15(14)21)9-11-1-2-11/h8,10-12,17,20H,1-7,9H2. The highest BCUT2D eigenvalue weighted by Gasteiger charge is 2.24. The number of nitrogens with zero attached hydrogens (tertiary/aromatic N) is 2. The van der Waals surface area contributed by atoms with Gasteiger partial charge in [0.15, 0.2) is 0 Å². The van der Waals surface area contributed by atoms with Gasteiger partial charge in [0, 0.05) is 13.1 Å². The Kier molecular flexibility index (Phi) is 4.64. The number of halogens is 1. The normalized spacial score (nSPS) is 25.8. The number of anilines is 1. The lowest BCUT2D eigenvalue weighted by Gasteiger charge is -2.25. The van der Waals surface area contributed by atoms with E-state index in [9.17, 15) is 9.90 Å². The molecule has 5 nitrogen and oxygen atoms in total. The average molecular weight is 356 g/mol. The first-order chi connectivity index (χ1) is 10.1. The van der Waals surface area contributed by atoms with E-state index in [0.717, 1.165) is 44.5 Å². The summed E-state index contributed by atoms with van der Waals surface area (Å²) >= 11 is 3.40. The molecule has 2 aliphatic carbocycles. The summed E-state index contributed by atoms with van der Waals surface area (Å²) in [5.41, 5.74) is 0.726. The van der Waals surface area contributed by atoms with Crippen LogP contribution in [0.4, 0.5) is 5.69 Å². The molecule has 21 heavy (non-hydrogen) atoms. The van der Waals surface area contributed by atoms with E-state index < -0.39 is 0 Å². The summed E-state index contributed by atoms with van der Waals surface area (Å²) in [6.45, 7) is 1.57. The molecule has 1 heterocycles. The Bertz CT molecular complexity index is 548. The highest BCUT2D eigenvalue weighted by Crippen LogP contribution is 2.30. The van der Waals surface area contributed by atoms with Crippen LogP contribution in [0.25, 0.3) is 0 Å². The summed E-state index contributed by atoms with van der Waals surface area (Å²) in [6.07, 6.45) is 7.88. The highest BCUT2D eigenvalue weighted by molar-refractivity contribution is 9.10. The fourth-order valence-electron chi connectivity index (χ4n) is 2.87. The lowest BCUT2D eigenvalue weighted by molar-refractivity contribution is 0.111. The van der Waals surface area contributed by atoms with Crippen molar-refractivity contribution in [3.63, 3.8) is 0 Å². The van der Waals surface area contributed by atoms with Gasteiger partial charge < -0.3 is 10.4 Å².